The van der Waals surface area contributed by atoms with E-state index >= 15 is 0 Å². The van der Waals surface area contributed by atoms with Gasteiger partial charge in [0, 0.05) is 0 Å². The van der Waals surface area contributed by atoms with Crippen LogP contribution in [0, 0.1) is 0 Å². The van der Waals surface area contributed by atoms with Crippen molar-refractivity contribution in [2.24, 2.45) is 0 Å². The van der Waals surface area contributed by atoms with E-state index in [2.05, 4.69) is 20.9 Å². The van der Waals surface area contributed by atoms with Crippen molar-refractivity contribution in [3.63, 3.8) is 0 Å². The van der Waals surface area contributed by atoms with Crippen LogP contribution in [0.5, 0.6) is 0 Å². The molecule has 1 N–H and O–H groups in total. The second kappa shape index (κ2) is 4.61. The summed E-state index contributed by atoms with van der Waals surface area (Å²) in [5.74, 6) is 0. The van der Waals surface area contributed by atoms with E-state index in [0.29, 0.717) is 0 Å². The van der Waals surface area contributed by atoms with Crippen molar-refractivity contribution in [1.82, 2.24) is 3.13 Å². The minimum atomic E-state index is -0.214. The van der Waals surface area contributed by atoms with Crippen molar-refractivity contribution in [3.05, 3.63) is 0 Å². The van der Waals surface area contributed by atoms with Crippen LogP contribution in [0.15, 0.2) is 0 Å². The molecule has 0 aliphatic heterocycles. The van der Waals surface area contributed by atoms with Crippen LogP contribution in [0.25, 0.3) is 0 Å². The third-order valence-electron chi connectivity index (χ3n) is 0.0945. The molecule has 2 radical (unpaired) electrons. The third kappa shape index (κ3) is 3.61. The SMILES string of the molecule is C[NH][Pb][I]. The maximum atomic E-state index is 3.11. The number of nitrogens with one attached hydrogen (secondary N) is 1. The Bertz CT molecular complexity index is 10.0. The van der Waals surface area contributed by atoms with Crippen molar-refractivity contribution in [3.8, 4) is 0 Å². The van der Waals surface area contributed by atoms with Gasteiger partial charge in [0.05, 0.1) is 0 Å². The van der Waals surface area contributed by atoms with Crippen LogP contribution in [0.3, 0.4) is 0 Å². The van der Waals surface area contributed by atoms with Crippen molar-refractivity contribution >= 4 is 38.0 Å². The molecule has 0 unspecified atom stereocenters. The first-order valence-electron chi connectivity index (χ1n) is 0.939. The fourth-order valence-electron chi connectivity index (χ4n) is 0. The Labute approximate surface area is 47.6 Å². The van der Waals surface area contributed by atoms with E-state index in [0.717, 1.165) is 0 Å². The summed E-state index contributed by atoms with van der Waals surface area (Å²) in [5.41, 5.74) is 0. The summed E-state index contributed by atoms with van der Waals surface area (Å²) in [6, 6.07) is 0. The summed E-state index contributed by atoms with van der Waals surface area (Å²) < 4.78 is 3.11. The molecule has 0 bridgehead atoms. The standard InChI is InChI=1S/CH4N.HI.Pb/c1-2;;/h2H,1H3;1H;/q-1;;+2/p-1. The van der Waals surface area contributed by atoms with Crippen molar-refractivity contribution in [2.45, 2.75) is 0 Å². The monoisotopic (exact) mass is 365 g/mol. The van der Waals surface area contributed by atoms with Gasteiger partial charge in [0.15, 0.2) is 0 Å². The summed E-state index contributed by atoms with van der Waals surface area (Å²) in [7, 11) is 2.01. The Morgan fingerprint density at radius 1 is 2.00 bits per heavy atom. The average Bonchev–Trinajstić information content (AvgIpc) is 1.37. The van der Waals surface area contributed by atoms with E-state index < -0.39 is 0 Å². The Morgan fingerprint density at radius 3 is 2.25 bits per heavy atom. The Morgan fingerprint density at radius 2 is 2.25 bits per heavy atom. The van der Waals surface area contributed by atoms with Gasteiger partial charge in [0.25, 0.3) is 0 Å². The zero-order valence-corrected chi connectivity index (χ0v) is 8.42. The van der Waals surface area contributed by atoms with Gasteiger partial charge in [-0.15, -0.1) is 0 Å². The molecular formula is CH4INPb. The van der Waals surface area contributed by atoms with Gasteiger partial charge in [-0.1, -0.05) is 0 Å². The van der Waals surface area contributed by atoms with E-state index in [1.807, 2.05) is 7.05 Å². The van der Waals surface area contributed by atoms with Gasteiger partial charge in [-0.25, -0.2) is 0 Å². The first-order chi connectivity index (χ1) is 1.91. The summed E-state index contributed by atoms with van der Waals surface area (Å²) in [6.45, 7) is 0. The second-order valence-electron chi connectivity index (χ2n) is 0.344. The van der Waals surface area contributed by atoms with Gasteiger partial charge in [-0.05, 0) is 0 Å². The normalized spacial score (nSPS) is 7.50. The molecule has 0 aliphatic rings. The third-order valence-corrected chi connectivity index (χ3v) is 5.56. The number of halogens is 1. The van der Waals surface area contributed by atoms with Crippen molar-refractivity contribution in [1.29, 1.82) is 0 Å². The van der Waals surface area contributed by atoms with Crippen LogP contribution in [-0.2, 0) is 0 Å². The molecule has 4 heavy (non-hydrogen) atoms. The fourth-order valence-corrected chi connectivity index (χ4v) is 0. The molecule has 0 rings (SSSR count). The molecular weight excluding hydrogens is 360 g/mol. The van der Waals surface area contributed by atoms with Crippen molar-refractivity contribution < 1.29 is 0 Å². The molecule has 0 saturated heterocycles. The molecule has 0 aromatic rings. The zero-order valence-electron chi connectivity index (χ0n) is 2.38. The molecule has 1 nitrogen and oxygen atoms in total. The number of hydrogen-bond acceptors (Lipinski definition) is 1. The molecule has 0 atom stereocenters. The minimum absolute atomic E-state index is 0.214. The van der Waals surface area contributed by atoms with Crippen LogP contribution in [-0.4, -0.2) is 27.3 Å². The Kier molecular flexibility index (Phi) is 6.47. The van der Waals surface area contributed by atoms with Crippen LogP contribution < -0.4 is 3.13 Å². The van der Waals surface area contributed by atoms with Gasteiger partial charge in [0.2, 0.25) is 0 Å². The number of hydrogen-bond donors (Lipinski definition) is 1. The quantitative estimate of drug-likeness (QED) is 0.517. The molecule has 0 fully saturated rings. The molecule has 0 spiro atoms. The average molecular weight is 364 g/mol. The predicted molar refractivity (Wildman–Crippen MR) is 28.8 cm³/mol. The van der Waals surface area contributed by atoms with Gasteiger partial charge in [0.1, 0.15) is 0 Å². The second-order valence-corrected chi connectivity index (χ2v) is 7.76. The summed E-state index contributed by atoms with van der Waals surface area (Å²) in [6.07, 6.45) is 0. The van der Waals surface area contributed by atoms with Crippen molar-refractivity contribution in [2.75, 3.05) is 7.05 Å². The van der Waals surface area contributed by atoms with E-state index in [9.17, 15) is 0 Å². The van der Waals surface area contributed by atoms with Crippen LogP contribution in [0.1, 0.15) is 0 Å². The molecule has 0 heterocycles. The summed E-state index contributed by atoms with van der Waals surface area (Å²) in [5, 5.41) is 0. The first-order valence-corrected chi connectivity index (χ1v) is 13.8. The molecule has 0 amide bonds. The van der Waals surface area contributed by atoms with E-state index in [1.54, 1.807) is 0 Å². The molecule has 24 valence electrons. The van der Waals surface area contributed by atoms with E-state index in [-0.39, 0.29) is 20.2 Å². The maximum absolute atomic E-state index is 3.11. The molecule has 0 aliphatic carbocycles. The number of rotatable bonds is 1. The molecule has 0 aromatic carbocycles. The Balaban J connectivity index is 1.97. The molecule has 3 heteroatoms. The van der Waals surface area contributed by atoms with Crippen LogP contribution in [0.2, 0.25) is 0 Å². The van der Waals surface area contributed by atoms with Gasteiger partial charge < -0.3 is 0 Å². The molecule has 0 aromatic heterocycles. The first kappa shape index (κ1) is 5.61. The molecule has 0 saturated carbocycles. The van der Waals surface area contributed by atoms with Gasteiger partial charge in [-0.3, -0.25) is 0 Å². The predicted octanol–water partition coefficient (Wildman–Crippen LogP) is 0.175. The summed E-state index contributed by atoms with van der Waals surface area (Å²) >= 11 is 2.22. The van der Waals surface area contributed by atoms with E-state index in [1.165, 1.54) is 0 Å². The van der Waals surface area contributed by atoms with Gasteiger partial charge >= 0.3 is 48.2 Å². The topological polar surface area (TPSA) is 12.0 Å². The van der Waals surface area contributed by atoms with E-state index in [4.69, 9.17) is 0 Å². The van der Waals surface area contributed by atoms with Crippen LogP contribution >= 0.6 is 17.8 Å². The fraction of sp³-hybridized carbons (Fsp3) is 1.00. The Hall–Kier alpha value is 1.61. The zero-order chi connectivity index (χ0) is 3.41. The summed E-state index contributed by atoms with van der Waals surface area (Å²) in [4.78, 5) is 0. The van der Waals surface area contributed by atoms with Gasteiger partial charge in [-0.2, -0.15) is 0 Å². The van der Waals surface area contributed by atoms with Crippen LogP contribution in [0.4, 0.5) is 0 Å².